The third-order valence-corrected chi connectivity index (χ3v) is 4.26. The van der Waals surface area contributed by atoms with Gasteiger partial charge in [0.25, 0.3) is 0 Å². The summed E-state index contributed by atoms with van der Waals surface area (Å²) in [6, 6.07) is 7.42. The summed E-state index contributed by atoms with van der Waals surface area (Å²) in [6.45, 7) is 1.93. The molecule has 2 aromatic rings. The Bertz CT molecular complexity index is 757. The van der Waals surface area contributed by atoms with Crippen molar-refractivity contribution in [2.75, 3.05) is 7.05 Å². The minimum Gasteiger partial charge on any atom is -0.341 e. The van der Waals surface area contributed by atoms with Gasteiger partial charge < -0.3 is 4.90 Å². The molecule has 1 fully saturated rings. The Morgan fingerprint density at radius 2 is 1.95 bits per heavy atom. The van der Waals surface area contributed by atoms with Crippen LogP contribution in [0.5, 0.6) is 0 Å². The third-order valence-electron chi connectivity index (χ3n) is 4.01. The SMILES string of the molecule is Cc1cn(CC(=O)N(C)C2CC2)c(=O)n1-c1ccc(Cl)cc1. The lowest BCUT2D eigenvalue weighted by atomic mass is 10.3. The second kappa shape index (κ2) is 5.65. The number of hydrogen-bond acceptors (Lipinski definition) is 2. The first kappa shape index (κ1) is 14.9. The van der Waals surface area contributed by atoms with Crippen molar-refractivity contribution >= 4 is 17.5 Å². The molecule has 0 saturated heterocycles. The fraction of sp³-hybridized carbons (Fsp3) is 0.375. The predicted octanol–water partition coefficient (Wildman–Crippen LogP) is 2.22. The number of benzene rings is 1. The summed E-state index contributed by atoms with van der Waals surface area (Å²) < 4.78 is 3.05. The molecule has 22 heavy (non-hydrogen) atoms. The van der Waals surface area contributed by atoms with Crippen LogP contribution < -0.4 is 5.69 Å². The van der Waals surface area contributed by atoms with E-state index in [4.69, 9.17) is 11.6 Å². The van der Waals surface area contributed by atoms with Gasteiger partial charge in [-0.3, -0.25) is 13.9 Å². The summed E-state index contributed by atoms with van der Waals surface area (Å²) in [5.74, 6) is -0.0298. The van der Waals surface area contributed by atoms with Crippen LogP contribution in [0, 0.1) is 6.92 Å². The molecule has 0 aliphatic heterocycles. The highest BCUT2D eigenvalue weighted by Crippen LogP contribution is 2.25. The molecule has 0 bridgehead atoms. The Morgan fingerprint density at radius 3 is 2.55 bits per heavy atom. The molecular formula is C16H18ClN3O2. The van der Waals surface area contributed by atoms with Gasteiger partial charge >= 0.3 is 5.69 Å². The molecule has 5 nitrogen and oxygen atoms in total. The number of carbonyl (C=O) groups is 1. The van der Waals surface area contributed by atoms with Crippen LogP contribution in [0.1, 0.15) is 18.5 Å². The third kappa shape index (κ3) is 2.81. The number of hydrogen-bond donors (Lipinski definition) is 0. The van der Waals surface area contributed by atoms with Crippen LogP contribution in [0.25, 0.3) is 5.69 Å². The molecule has 0 spiro atoms. The van der Waals surface area contributed by atoms with Gasteiger partial charge in [-0.2, -0.15) is 0 Å². The highest BCUT2D eigenvalue weighted by molar-refractivity contribution is 6.30. The summed E-state index contributed by atoms with van der Waals surface area (Å²) in [4.78, 5) is 26.5. The zero-order valence-electron chi connectivity index (χ0n) is 12.6. The van der Waals surface area contributed by atoms with Crippen molar-refractivity contribution < 1.29 is 4.79 Å². The highest BCUT2D eigenvalue weighted by atomic mass is 35.5. The van der Waals surface area contributed by atoms with Gasteiger partial charge in [-0.25, -0.2) is 4.79 Å². The van der Waals surface area contributed by atoms with Gasteiger partial charge in [-0.1, -0.05) is 11.6 Å². The molecule has 0 atom stereocenters. The Hall–Kier alpha value is -2.01. The van der Waals surface area contributed by atoms with Crippen LogP contribution >= 0.6 is 11.6 Å². The minimum atomic E-state index is -0.211. The van der Waals surface area contributed by atoms with E-state index in [1.165, 1.54) is 4.57 Å². The van der Waals surface area contributed by atoms with Crippen molar-refractivity contribution in [1.82, 2.24) is 14.0 Å². The molecule has 1 saturated carbocycles. The number of rotatable bonds is 4. The van der Waals surface area contributed by atoms with Crippen LogP contribution in [0.2, 0.25) is 5.02 Å². The van der Waals surface area contributed by atoms with E-state index in [0.29, 0.717) is 11.1 Å². The molecule has 1 aromatic carbocycles. The van der Waals surface area contributed by atoms with Gasteiger partial charge in [0.15, 0.2) is 0 Å². The monoisotopic (exact) mass is 319 g/mol. The van der Waals surface area contributed by atoms with Crippen LogP contribution in [0.4, 0.5) is 0 Å². The van der Waals surface area contributed by atoms with Crippen LogP contribution in [0.3, 0.4) is 0 Å². The smallest absolute Gasteiger partial charge is 0.333 e. The van der Waals surface area contributed by atoms with Crippen molar-refractivity contribution in [3.63, 3.8) is 0 Å². The second-order valence-corrected chi connectivity index (χ2v) is 6.17. The molecule has 1 aliphatic carbocycles. The van der Waals surface area contributed by atoms with E-state index in [-0.39, 0.29) is 18.1 Å². The second-order valence-electron chi connectivity index (χ2n) is 5.73. The van der Waals surface area contributed by atoms with Gasteiger partial charge in [0.2, 0.25) is 5.91 Å². The van der Waals surface area contributed by atoms with Crippen molar-refractivity contribution in [3.8, 4) is 5.69 Å². The summed E-state index contributed by atoms with van der Waals surface area (Å²) in [7, 11) is 1.80. The van der Waals surface area contributed by atoms with Gasteiger partial charge in [-0.05, 0) is 44.0 Å². The average molecular weight is 320 g/mol. The normalized spacial score (nSPS) is 14.1. The highest BCUT2D eigenvalue weighted by Gasteiger charge is 2.29. The zero-order chi connectivity index (χ0) is 15.9. The molecule has 6 heteroatoms. The standard InChI is InChI=1S/C16H18ClN3O2/c1-11-9-19(10-15(21)18(2)13-7-8-13)16(22)20(11)14-5-3-12(17)4-6-14/h3-6,9,13H,7-8,10H2,1-2H3. The van der Waals surface area contributed by atoms with Crippen molar-refractivity contribution in [1.29, 1.82) is 0 Å². The topological polar surface area (TPSA) is 47.2 Å². The van der Waals surface area contributed by atoms with Gasteiger partial charge in [0.05, 0.1) is 5.69 Å². The molecule has 1 aliphatic rings. The molecule has 0 N–H and O–H groups in total. The summed E-state index contributed by atoms with van der Waals surface area (Å²) in [5, 5.41) is 0.620. The summed E-state index contributed by atoms with van der Waals surface area (Å²) in [6.07, 6.45) is 3.83. The van der Waals surface area contributed by atoms with Gasteiger partial charge in [0, 0.05) is 30.0 Å². The van der Waals surface area contributed by atoms with Crippen LogP contribution in [-0.4, -0.2) is 33.0 Å². The Balaban J connectivity index is 1.88. The summed E-state index contributed by atoms with van der Waals surface area (Å²) >= 11 is 5.88. The molecular weight excluding hydrogens is 302 g/mol. The van der Waals surface area contributed by atoms with E-state index in [1.807, 2.05) is 6.92 Å². The molecule has 116 valence electrons. The van der Waals surface area contributed by atoms with Crippen LogP contribution in [0.15, 0.2) is 35.3 Å². The van der Waals surface area contributed by atoms with E-state index < -0.39 is 0 Å². The van der Waals surface area contributed by atoms with E-state index >= 15 is 0 Å². The van der Waals surface area contributed by atoms with E-state index in [1.54, 1.807) is 47.0 Å². The maximum absolute atomic E-state index is 12.5. The number of aromatic nitrogens is 2. The fourth-order valence-corrected chi connectivity index (χ4v) is 2.68. The number of likely N-dealkylation sites (N-methyl/N-ethyl adjacent to an activating group) is 1. The number of nitrogens with zero attached hydrogens (tertiary/aromatic N) is 3. The molecule has 1 heterocycles. The lowest BCUT2D eigenvalue weighted by molar-refractivity contribution is -0.131. The van der Waals surface area contributed by atoms with Crippen LogP contribution in [-0.2, 0) is 11.3 Å². The molecule has 1 amide bonds. The number of carbonyl (C=O) groups excluding carboxylic acids is 1. The fourth-order valence-electron chi connectivity index (χ4n) is 2.56. The number of halogens is 1. The number of amides is 1. The van der Waals surface area contributed by atoms with E-state index in [2.05, 4.69) is 0 Å². The first-order valence-electron chi connectivity index (χ1n) is 7.28. The number of imidazole rings is 1. The molecule has 0 radical (unpaired) electrons. The van der Waals surface area contributed by atoms with Gasteiger partial charge in [-0.15, -0.1) is 0 Å². The quantitative estimate of drug-likeness (QED) is 0.867. The lowest BCUT2D eigenvalue weighted by Crippen LogP contribution is -2.35. The van der Waals surface area contributed by atoms with Gasteiger partial charge in [0.1, 0.15) is 6.54 Å². The zero-order valence-corrected chi connectivity index (χ0v) is 13.4. The number of aryl methyl sites for hydroxylation is 1. The largest absolute Gasteiger partial charge is 0.341 e. The van der Waals surface area contributed by atoms with E-state index in [9.17, 15) is 9.59 Å². The Kier molecular flexibility index (Phi) is 3.83. The van der Waals surface area contributed by atoms with Crippen molar-refractivity contribution in [3.05, 3.63) is 51.7 Å². The lowest BCUT2D eigenvalue weighted by Gasteiger charge is -2.15. The van der Waals surface area contributed by atoms with E-state index in [0.717, 1.165) is 24.2 Å². The Labute approximate surface area is 133 Å². The molecule has 1 aromatic heterocycles. The minimum absolute atomic E-state index is 0.0298. The average Bonchev–Trinajstić information content (AvgIpc) is 3.28. The van der Waals surface area contributed by atoms with Crippen molar-refractivity contribution in [2.24, 2.45) is 0 Å². The molecule has 0 unspecified atom stereocenters. The summed E-state index contributed by atoms with van der Waals surface area (Å²) in [5.41, 5.74) is 1.32. The maximum atomic E-state index is 12.5. The predicted molar refractivity (Wildman–Crippen MR) is 85.6 cm³/mol. The molecule has 3 rings (SSSR count). The first-order chi connectivity index (χ1) is 10.5. The Morgan fingerprint density at radius 1 is 1.32 bits per heavy atom. The van der Waals surface area contributed by atoms with Crippen molar-refractivity contribution in [2.45, 2.75) is 32.4 Å². The maximum Gasteiger partial charge on any atom is 0.333 e. The first-order valence-corrected chi connectivity index (χ1v) is 7.65.